The summed E-state index contributed by atoms with van der Waals surface area (Å²) in [6, 6.07) is 12.7. The van der Waals surface area contributed by atoms with Gasteiger partial charge in [-0.15, -0.1) is 0 Å². The minimum atomic E-state index is -5.83. The van der Waals surface area contributed by atoms with Crippen LogP contribution < -0.4 is 21.8 Å². The van der Waals surface area contributed by atoms with Crippen molar-refractivity contribution in [3.63, 3.8) is 0 Å². The summed E-state index contributed by atoms with van der Waals surface area (Å²) in [5.74, 6) is -1.72. The number of nitrogens with two attached hydrogens (primary N) is 1. The number of phenols is 1. The SMILES string of the molecule is Nc1ncnc2c1nc(NCCCCCCNC(=O)c1ccc(-c3c4ccc(=O)cc-4oc4cc(O)ccc34)c(C(=O)O)c1)n2[C@@H]1O[C@H](COP(=O)(O)OP(=O)(O)OP(=O)(O)O)[C@@H](O)[C@H]1O. The molecule has 4 heterocycles. The zero-order valence-electron chi connectivity index (χ0n) is 33.8. The molecule has 66 heavy (non-hydrogen) atoms. The van der Waals surface area contributed by atoms with Crippen LogP contribution in [0.25, 0.3) is 44.6 Å². The number of phosphoric acid groups is 3. The normalized spacial score (nSPS) is 19.5. The highest BCUT2D eigenvalue weighted by atomic mass is 31.3. The van der Waals surface area contributed by atoms with E-state index >= 15 is 0 Å². The average Bonchev–Trinajstić information content (AvgIpc) is 3.73. The van der Waals surface area contributed by atoms with Crippen molar-refractivity contribution in [2.24, 2.45) is 0 Å². The van der Waals surface area contributed by atoms with Crippen LogP contribution in [-0.4, -0.2) is 109 Å². The number of aromatic hydroxyl groups is 1. The molecule has 12 N–H and O–H groups in total. The number of aromatic carboxylic acids is 1. The van der Waals surface area contributed by atoms with Gasteiger partial charge in [0.05, 0.1) is 12.2 Å². The fourth-order valence-electron chi connectivity index (χ4n) is 7.18. The first-order valence-corrected chi connectivity index (χ1v) is 24.0. The number of nitrogens with one attached hydrogen (secondary N) is 2. The molecule has 4 aromatic rings. The third-order valence-electron chi connectivity index (χ3n) is 10.0. The largest absolute Gasteiger partial charge is 0.508 e. The van der Waals surface area contributed by atoms with Gasteiger partial charge >= 0.3 is 29.4 Å². The molecule has 2 aromatic heterocycles. The lowest BCUT2D eigenvalue weighted by Crippen LogP contribution is -2.33. The van der Waals surface area contributed by atoms with Crippen molar-refractivity contribution >= 4 is 69.2 Å². The number of ether oxygens (including phenoxy) is 1. The summed E-state index contributed by atoms with van der Waals surface area (Å²) in [6.45, 7) is -0.517. The molecule has 1 fully saturated rings. The molecule has 0 radical (unpaired) electrons. The lowest BCUT2D eigenvalue weighted by molar-refractivity contribution is -0.0493. The van der Waals surface area contributed by atoms with Gasteiger partial charge in [-0.25, -0.2) is 33.4 Å². The number of anilines is 2. The number of fused-ring (bicyclic) bond motifs is 3. The molecule has 1 saturated heterocycles. The van der Waals surface area contributed by atoms with Crippen LogP contribution in [0, 0.1) is 0 Å². The average molecular weight is 980 g/mol. The number of unbranched alkanes of at least 4 members (excludes halogenated alkanes) is 3. The van der Waals surface area contributed by atoms with Crippen molar-refractivity contribution < 1.29 is 85.6 Å². The number of aliphatic hydroxyl groups is 2. The number of aliphatic hydroxyl groups excluding tert-OH is 2. The van der Waals surface area contributed by atoms with Gasteiger partial charge in [0.15, 0.2) is 28.6 Å². The second-order valence-electron chi connectivity index (χ2n) is 14.6. The number of amides is 1. The van der Waals surface area contributed by atoms with Gasteiger partial charge < -0.3 is 65.5 Å². The van der Waals surface area contributed by atoms with Gasteiger partial charge in [0.25, 0.3) is 5.91 Å². The first kappa shape index (κ1) is 48.2. The van der Waals surface area contributed by atoms with Gasteiger partial charge in [-0.1, -0.05) is 18.9 Å². The Kier molecular flexibility index (Phi) is 14.1. The number of carboxylic acids is 1. The molecule has 1 amide bonds. The van der Waals surface area contributed by atoms with Crippen molar-refractivity contribution in [1.82, 2.24) is 24.8 Å². The molecule has 2 unspecified atom stereocenters. The predicted molar refractivity (Wildman–Crippen MR) is 228 cm³/mol. The summed E-state index contributed by atoms with van der Waals surface area (Å²) in [5.41, 5.74) is 7.09. The standard InChI is InChI=1S/C37H40N7O19P3/c38-32-29-33(42-17-41-32)44(35-31(48)30(47)27(61-35)16-59-65(55,56)63-66(57,58)62-64(52,53)54)37(43-29)40-12-4-2-1-3-11-39-34(49)18-5-8-21(24(13-18)36(50)51)28-22-9-6-19(45)14-25(22)60-26-15-20(46)7-10-23(26)28/h5-10,13-15,17,27,30-31,35,45,47-48H,1-4,11-12,16H2,(H,39,49)(H,40,43)(H,50,51)(H,55,56)(H,57,58)(H2,38,41,42)(H2,52,53,54)/t27-,30-,31-,35-/m1/s1. The van der Waals surface area contributed by atoms with Crippen LogP contribution in [0.2, 0.25) is 0 Å². The summed E-state index contributed by atoms with van der Waals surface area (Å²) < 4.78 is 59.6. The van der Waals surface area contributed by atoms with E-state index in [-0.39, 0.29) is 75.2 Å². The molecule has 7 rings (SSSR count). The van der Waals surface area contributed by atoms with E-state index in [1.807, 2.05) is 0 Å². The highest BCUT2D eigenvalue weighted by Crippen LogP contribution is 2.66. The molecule has 0 spiro atoms. The smallest absolute Gasteiger partial charge is 0.490 e. The third kappa shape index (κ3) is 10.9. The zero-order chi connectivity index (χ0) is 47.7. The monoisotopic (exact) mass is 979 g/mol. The molecule has 2 aliphatic heterocycles. The van der Waals surface area contributed by atoms with Crippen molar-refractivity contribution in [3.8, 4) is 28.2 Å². The van der Waals surface area contributed by atoms with Crippen molar-refractivity contribution in [2.45, 2.75) is 50.2 Å². The first-order valence-electron chi connectivity index (χ1n) is 19.5. The number of carbonyl (C=O) groups is 2. The molecule has 26 nitrogen and oxygen atoms in total. The minimum Gasteiger partial charge on any atom is -0.508 e. The van der Waals surface area contributed by atoms with E-state index < -0.39 is 66.5 Å². The number of phosphoric ester groups is 1. The van der Waals surface area contributed by atoms with Gasteiger partial charge in [0.1, 0.15) is 41.7 Å². The molecular weight excluding hydrogens is 939 g/mol. The second kappa shape index (κ2) is 19.3. The van der Waals surface area contributed by atoms with Crippen LogP contribution in [0.1, 0.15) is 52.6 Å². The zero-order valence-corrected chi connectivity index (χ0v) is 36.5. The predicted octanol–water partition coefficient (Wildman–Crippen LogP) is 3.06. The Morgan fingerprint density at radius 3 is 2.32 bits per heavy atom. The summed E-state index contributed by atoms with van der Waals surface area (Å²) in [4.78, 5) is 87.1. The number of carboxylic acid groups (broad SMARTS) is 1. The Morgan fingerprint density at radius 2 is 1.59 bits per heavy atom. The fourth-order valence-corrected chi connectivity index (χ4v) is 10.2. The molecule has 29 heteroatoms. The van der Waals surface area contributed by atoms with Crippen LogP contribution in [0.15, 0.2) is 70.1 Å². The van der Waals surface area contributed by atoms with Gasteiger partial charge in [-0.3, -0.25) is 18.7 Å². The maximum Gasteiger partial charge on any atom is 0.490 e. The van der Waals surface area contributed by atoms with Crippen LogP contribution in [0.3, 0.4) is 0 Å². The van der Waals surface area contributed by atoms with E-state index in [1.54, 1.807) is 6.07 Å². The van der Waals surface area contributed by atoms with E-state index in [9.17, 15) is 58.3 Å². The third-order valence-corrected chi connectivity index (χ3v) is 13.8. The number of rotatable bonds is 19. The number of imidazole rings is 1. The van der Waals surface area contributed by atoms with Gasteiger partial charge in [-0.2, -0.15) is 8.62 Å². The molecule has 0 bridgehead atoms. The topological polar surface area (TPSA) is 408 Å². The maximum absolute atomic E-state index is 13.2. The quantitative estimate of drug-likeness (QED) is 0.0315. The molecule has 1 aliphatic carbocycles. The van der Waals surface area contributed by atoms with E-state index in [1.165, 1.54) is 53.1 Å². The Balaban J connectivity index is 0.941. The number of hydrogen-bond donors (Lipinski definition) is 11. The Morgan fingerprint density at radius 1 is 0.864 bits per heavy atom. The van der Waals surface area contributed by atoms with Crippen LogP contribution in [0.5, 0.6) is 5.75 Å². The summed E-state index contributed by atoms with van der Waals surface area (Å²) in [6.07, 6.45) is -3.18. The van der Waals surface area contributed by atoms with E-state index in [2.05, 4.69) is 38.7 Å². The molecule has 3 aliphatic rings. The summed E-state index contributed by atoms with van der Waals surface area (Å²) in [5, 5.41) is 48.4. The van der Waals surface area contributed by atoms with Gasteiger partial charge in [-0.05, 0) is 54.8 Å². The number of carbonyl (C=O) groups excluding carboxylic acids is 1. The Labute approximate surface area is 370 Å². The number of aromatic nitrogens is 4. The fraction of sp³-hybridized carbons (Fsp3) is 0.297. The summed E-state index contributed by atoms with van der Waals surface area (Å²) in [7, 11) is -17.1. The number of phenolic OH excluding ortho intramolecular Hbond substituents is 1. The molecule has 6 atom stereocenters. The molecule has 0 saturated carbocycles. The molecular formula is C37H40N7O19P3. The van der Waals surface area contributed by atoms with Crippen LogP contribution in [0.4, 0.5) is 11.8 Å². The lowest BCUT2D eigenvalue weighted by atomic mass is 9.90. The Bertz CT molecular complexity index is 3000. The van der Waals surface area contributed by atoms with Gasteiger partial charge in [0, 0.05) is 47.3 Å². The highest BCUT2D eigenvalue weighted by Gasteiger charge is 2.47. The number of benzene rings is 3. The van der Waals surface area contributed by atoms with E-state index in [0.29, 0.717) is 42.2 Å². The Hall–Kier alpha value is -5.69. The maximum atomic E-state index is 13.2. The molecule has 2 aromatic carbocycles. The van der Waals surface area contributed by atoms with Crippen LogP contribution >= 0.6 is 23.5 Å². The van der Waals surface area contributed by atoms with Crippen molar-refractivity contribution in [3.05, 3.63) is 82.3 Å². The van der Waals surface area contributed by atoms with E-state index in [0.717, 1.165) is 6.33 Å². The number of hydrogen-bond acceptors (Lipinski definition) is 19. The van der Waals surface area contributed by atoms with E-state index in [4.69, 9.17) is 24.7 Å². The van der Waals surface area contributed by atoms with Crippen LogP contribution in [-0.2, 0) is 31.6 Å². The van der Waals surface area contributed by atoms with Crippen molar-refractivity contribution in [2.75, 3.05) is 30.7 Å². The lowest BCUT2D eigenvalue weighted by Gasteiger charge is -2.20. The number of nitrogen functional groups attached to an aromatic ring is 1. The summed E-state index contributed by atoms with van der Waals surface area (Å²) >= 11 is 0. The van der Waals surface area contributed by atoms with Crippen molar-refractivity contribution in [1.29, 1.82) is 0 Å². The minimum absolute atomic E-state index is 0.0484. The molecule has 352 valence electrons. The highest BCUT2D eigenvalue weighted by molar-refractivity contribution is 7.66. The van der Waals surface area contributed by atoms with Gasteiger partial charge in [0.2, 0.25) is 5.95 Å². The number of nitrogens with zero attached hydrogens (tertiary/aromatic N) is 4. The first-order chi connectivity index (χ1) is 31.1. The second-order valence-corrected chi connectivity index (χ2v) is 19.1.